The van der Waals surface area contributed by atoms with E-state index >= 15 is 0 Å². The van der Waals surface area contributed by atoms with Crippen LogP contribution in [0.2, 0.25) is 0 Å². The highest BCUT2D eigenvalue weighted by molar-refractivity contribution is 5.28. The molecule has 0 amide bonds. The predicted octanol–water partition coefficient (Wildman–Crippen LogP) is 4.09. The van der Waals surface area contributed by atoms with Crippen LogP contribution in [0.3, 0.4) is 0 Å². The number of hydrogen-bond donors (Lipinski definition) is 1. The first-order chi connectivity index (χ1) is 8.27. The molecule has 0 aliphatic heterocycles. The van der Waals surface area contributed by atoms with Gasteiger partial charge in [-0.2, -0.15) is 0 Å². The topological polar surface area (TPSA) is 29.5 Å². The summed E-state index contributed by atoms with van der Waals surface area (Å²) in [6.45, 7) is 4.97. The molecule has 0 aliphatic carbocycles. The molecule has 2 heteroatoms. The second-order valence-corrected chi connectivity index (χ2v) is 4.40. The van der Waals surface area contributed by atoms with Crippen molar-refractivity contribution >= 4 is 0 Å². The van der Waals surface area contributed by atoms with Gasteiger partial charge in [0.2, 0.25) is 0 Å². The number of hydrogen-bond acceptors (Lipinski definition) is 2. The lowest BCUT2D eigenvalue weighted by molar-refractivity contribution is 0.173. The molecule has 0 saturated heterocycles. The fraction of sp³-hybridized carbons (Fsp3) is 0.600. The Morgan fingerprint density at radius 1 is 1.06 bits per heavy atom. The Bertz CT molecular complexity index is 292. The second-order valence-electron chi connectivity index (χ2n) is 4.40. The van der Waals surface area contributed by atoms with Crippen LogP contribution < -0.4 is 4.74 Å². The normalized spacial score (nSPS) is 12.4. The van der Waals surface area contributed by atoms with Crippen LogP contribution in [0.1, 0.15) is 57.6 Å². The molecule has 0 saturated carbocycles. The Kier molecular flexibility index (Phi) is 6.71. The van der Waals surface area contributed by atoms with Crippen molar-refractivity contribution in [2.24, 2.45) is 0 Å². The quantitative estimate of drug-likeness (QED) is 0.689. The van der Waals surface area contributed by atoms with Gasteiger partial charge in [-0.3, -0.25) is 0 Å². The molecule has 0 unspecified atom stereocenters. The molecule has 0 heterocycles. The molecule has 0 radical (unpaired) electrons. The average Bonchev–Trinajstić information content (AvgIpc) is 2.38. The minimum Gasteiger partial charge on any atom is -0.494 e. The zero-order chi connectivity index (χ0) is 12.5. The molecule has 0 spiro atoms. The van der Waals surface area contributed by atoms with Gasteiger partial charge in [0.05, 0.1) is 12.7 Å². The molecule has 96 valence electrons. The molecule has 0 aromatic heterocycles. The third-order valence-corrected chi connectivity index (χ3v) is 2.92. The van der Waals surface area contributed by atoms with Crippen molar-refractivity contribution in [1.29, 1.82) is 0 Å². The van der Waals surface area contributed by atoms with Crippen molar-refractivity contribution in [3.05, 3.63) is 29.8 Å². The first-order valence-electron chi connectivity index (χ1n) is 6.68. The van der Waals surface area contributed by atoms with Crippen molar-refractivity contribution in [2.45, 2.75) is 52.1 Å². The number of benzene rings is 1. The van der Waals surface area contributed by atoms with E-state index < -0.39 is 0 Å². The van der Waals surface area contributed by atoms with E-state index in [1.165, 1.54) is 19.3 Å². The van der Waals surface area contributed by atoms with Crippen LogP contribution in [-0.2, 0) is 0 Å². The zero-order valence-corrected chi connectivity index (χ0v) is 11.0. The van der Waals surface area contributed by atoms with E-state index in [-0.39, 0.29) is 6.10 Å². The van der Waals surface area contributed by atoms with Gasteiger partial charge in [-0.15, -0.1) is 0 Å². The van der Waals surface area contributed by atoms with Crippen molar-refractivity contribution < 1.29 is 9.84 Å². The van der Waals surface area contributed by atoms with Crippen LogP contribution in [0.4, 0.5) is 0 Å². The molecular formula is C15H24O2. The van der Waals surface area contributed by atoms with E-state index in [9.17, 15) is 5.11 Å². The van der Waals surface area contributed by atoms with Gasteiger partial charge in [-0.25, -0.2) is 0 Å². The Morgan fingerprint density at radius 3 is 2.35 bits per heavy atom. The summed E-state index contributed by atoms with van der Waals surface area (Å²) in [6, 6.07) is 7.76. The second kappa shape index (κ2) is 8.13. The molecule has 1 aromatic carbocycles. The lowest BCUT2D eigenvalue weighted by Gasteiger charge is -2.10. The highest BCUT2D eigenvalue weighted by Gasteiger charge is 2.04. The van der Waals surface area contributed by atoms with Gasteiger partial charge in [0.1, 0.15) is 5.75 Å². The van der Waals surface area contributed by atoms with Crippen molar-refractivity contribution in [3.8, 4) is 5.75 Å². The number of ether oxygens (including phenoxy) is 1. The zero-order valence-electron chi connectivity index (χ0n) is 11.0. The van der Waals surface area contributed by atoms with E-state index in [2.05, 4.69) is 6.92 Å². The number of aliphatic hydroxyl groups is 1. The maximum Gasteiger partial charge on any atom is 0.119 e. The summed E-state index contributed by atoms with van der Waals surface area (Å²) in [4.78, 5) is 0. The Labute approximate surface area is 105 Å². The van der Waals surface area contributed by atoms with E-state index in [4.69, 9.17) is 4.74 Å². The lowest BCUT2D eigenvalue weighted by Crippen LogP contribution is -1.98. The van der Waals surface area contributed by atoms with E-state index in [1.807, 2.05) is 31.2 Å². The number of rotatable bonds is 8. The van der Waals surface area contributed by atoms with Crippen LogP contribution in [0.15, 0.2) is 24.3 Å². The Morgan fingerprint density at radius 2 is 1.76 bits per heavy atom. The maximum atomic E-state index is 9.65. The lowest BCUT2D eigenvalue weighted by atomic mass is 10.1. The van der Waals surface area contributed by atoms with Crippen LogP contribution in [0.25, 0.3) is 0 Å². The summed E-state index contributed by atoms with van der Waals surface area (Å²) >= 11 is 0. The average molecular weight is 236 g/mol. The van der Waals surface area contributed by atoms with E-state index in [0.29, 0.717) is 0 Å². The highest BCUT2D eigenvalue weighted by atomic mass is 16.5. The summed E-state index contributed by atoms with van der Waals surface area (Å²) in [5.74, 6) is 0.897. The molecule has 1 N–H and O–H groups in total. The first kappa shape index (κ1) is 14.0. The summed E-state index contributed by atoms with van der Waals surface area (Å²) in [5.41, 5.74) is 0.964. The fourth-order valence-electron chi connectivity index (χ4n) is 1.74. The number of unbranched alkanes of at least 4 members (excludes halogenated alkanes) is 3. The van der Waals surface area contributed by atoms with Crippen LogP contribution in [0.5, 0.6) is 5.75 Å². The largest absolute Gasteiger partial charge is 0.494 e. The third kappa shape index (κ3) is 5.22. The SMILES string of the molecule is CCCCCCOc1ccc([C@H](O)CC)cc1. The minimum atomic E-state index is -0.353. The first-order valence-corrected chi connectivity index (χ1v) is 6.68. The van der Waals surface area contributed by atoms with Gasteiger partial charge in [-0.05, 0) is 30.5 Å². The molecule has 1 rings (SSSR count). The maximum absolute atomic E-state index is 9.65. The Hall–Kier alpha value is -1.02. The van der Waals surface area contributed by atoms with Gasteiger partial charge in [-0.1, -0.05) is 45.2 Å². The third-order valence-electron chi connectivity index (χ3n) is 2.92. The molecule has 0 aliphatic rings. The van der Waals surface area contributed by atoms with Gasteiger partial charge < -0.3 is 9.84 Å². The van der Waals surface area contributed by atoms with Gasteiger partial charge in [0.15, 0.2) is 0 Å². The fourth-order valence-corrected chi connectivity index (χ4v) is 1.74. The minimum absolute atomic E-state index is 0.353. The molecule has 17 heavy (non-hydrogen) atoms. The summed E-state index contributed by atoms with van der Waals surface area (Å²) in [6.07, 6.45) is 5.29. The number of aliphatic hydroxyl groups excluding tert-OH is 1. The summed E-state index contributed by atoms with van der Waals surface area (Å²) in [5, 5.41) is 9.65. The molecule has 1 aromatic rings. The highest BCUT2D eigenvalue weighted by Crippen LogP contribution is 2.19. The molecule has 0 fully saturated rings. The van der Waals surface area contributed by atoms with E-state index in [0.717, 1.165) is 30.8 Å². The molecule has 1 atom stereocenters. The van der Waals surface area contributed by atoms with Crippen LogP contribution >= 0.6 is 0 Å². The van der Waals surface area contributed by atoms with Crippen molar-refractivity contribution in [3.63, 3.8) is 0 Å². The Balaban J connectivity index is 2.30. The summed E-state index contributed by atoms with van der Waals surface area (Å²) in [7, 11) is 0. The predicted molar refractivity (Wildman–Crippen MR) is 71.3 cm³/mol. The molecule has 0 bridgehead atoms. The van der Waals surface area contributed by atoms with E-state index in [1.54, 1.807) is 0 Å². The summed E-state index contributed by atoms with van der Waals surface area (Å²) < 4.78 is 5.64. The van der Waals surface area contributed by atoms with Gasteiger partial charge in [0, 0.05) is 0 Å². The smallest absolute Gasteiger partial charge is 0.119 e. The van der Waals surface area contributed by atoms with Crippen LogP contribution in [0, 0.1) is 0 Å². The molecule has 2 nitrogen and oxygen atoms in total. The van der Waals surface area contributed by atoms with Crippen molar-refractivity contribution in [1.82, 2.24) is 0 Å². The molecular weight excluding hydrogens is 212 g/mol. The monoisotopic (exact) mass is 236 g/mol. The van der Waals surface area contributed by atoms with Crippen molar-refractivity contribution in [2.75, 3.05) is 6.61 Å². The van der Waals surface area contributed by atoms with Crippen LogP contribution in [-0.4, -0.2) is 11.7 Å². The standard InChI is InChI=1S/C15H24O2/c1-3-5-6-7-12-17-14-10-8-13(9-11-14)15(16)4-2/h8-11,15-16H,3-7,12H2,1-2H3/t15-/m1/s1. The van der Waals surface area contributed by atoms with Gasteiger partial charge >= 0.3 is 0 Å². The van der Waals surface area contributed by atoms with Gasteiger partial charge in [0.25, 0.3) is 0 Å².